The Kier molecular flexibility index (Phi) is 7.47. The number of nitrogens with zero attached hydrogens (tertiary/aromatic N) is 2. The number of hydrogen-bond donors (Lipinski definition) is 2. The minimum Gasteiger partial charge on any atom is -0.497 e. The average molecular weight is 396 g/mol. The highest BCUT2D eigenvalue weighted by molar-refractivity contribution is 5.83. The van der Waals surface area contributed by atoms with Gasteiger partial charge in [-0.1, -0.05) is 30.3 Å². The van der Waals surface area contributed by atoms with Crippen molar-refractivity contribution in [1.82, 2.24) is 15.8 Å². The summed E-state index contributed by atoms with van der Waals surface area (Å²) in [6, 6.07) is 17.6. The number of nitrogens with one attached hydrogen (secondary N) is 2. The van der Waals surface area contributed by atoms with Gasteiger partial charge in [0.2, 0.25) is 11.8 Å². The van der Waals surface area contributed by atoms with Gasteiger partial charge in [0.05, 0.1) is 13.5 Å². The molecule has 1 aliphatic heterocycles. The summed E-state index contributed by atoms with van der Waals surface area (Å²) in [5, 5.41) is 0. The van der Waals surface area contributed by atoms with Crippen molar-refractivity contribution in [3.05, 3.63) is 60.2 Å². The van der Waals surface area contributed by atoms with E-state index in [1.807, 2.05) is 18.2 Å². The lowest BCUT2D eigenvalue weighted by molar-refractivity contribution is -0.128. The van der Waals surface area contributed by atoms with Crippen molar-refractivity contribution in [2.24, 2.45) is 0 Å². The van der Waals surface area contributed by atoms with E-state index < -0.39 is 0 Å². The molecule has 1 fully saturated rings. The van der Waals surface area contributed by atoms with E-state index in [-0.39, 0.29) is 18.2 Å². The number of amides is 2. The maximum Gasteiger partial charge on any atom is 0.242 e. The maximum atomic E-state index is 12.0. The molecule has 0 saturated carbocycles. The molecular weight excluding hydrogens is 368 g/mol. The molecule has 2 N–H and O–H groups in total. The molecular formula is C22H28N4O3. The zero-order valence-corrected chi connectivity index (χ0v) is 16.8. The molecule has 1 aliphatic rings. The summed E-state index contributed by atoms with van der Waals surface area (Å²) in [6.45, 7) is 4.43. The van der Waals surface area contributed by atoms with Crippen LogP contribution in [0, 0.1) is 0 Å². The van der Waals surface area contributed by atoms with Gasteiger partial charge in [0, 0.05) is 44.8 Å². The first kappa shape index (κ1) is 20.7. The standard InChI is InChI=1S/C22H28N4O3/c1-29-20-9-7-18(8-10-20)17-22(28)24-23-21(27)11-12-25-13-15-26(16-14-25)19-5-3-2-4-6-19/h2-10H,11-17H2,1H3,(H,23,27)(H,24,28). The van der Waals surface area contributed by atoms with Gasteiger partial charge < -0.3 is 9.64 Å². The maximum absolute atomic E-state index is 12.0. The van der Waals surface area contributed by atoms with Gasteiger partial charge in [-0.3, -0.25) is 25.3 Å². The lowest BCUT2D eigenvalue weighted by Gasteiger charge is -2.36. The molecule has 0 aliphatic carbocycles. The predicted octanol–water partition coefficient (Wildman–Crippen LogP) is 1.60. The molecule has 3 rings (SSSR count). The van der Waals surface area contributed by atoms with Gasteiger partial charge >= 0.3 is 0 Å². The molecule has 0 radical (unpaired) electrons. The van der Waals surface area contributed by atoms with Crippen LogP contribution in [0.1, 0.15) is 12.0 Å². The number of methoxy groups -OCH3 is 1. The lowest BCUT2D eigenvalue weighted by atomic mass is 10.1. The number of anilines is 1. The highest BCUT2D eigenvalue weighted by Crippen LogP contribution is 2.15. The van der Waals surface area contributed by atoms with E-state index in [2.05, 4.69) is 44.9 Å². The Hall–Kier alpha value is -3.06. The number of rotatable bonds is 7. The fraction of sp³-hybridized carbons (Fsp3) is 0.364. The third kappa shape index (κ3) is 6.50. The molecule has 0 atom stereocenters. The third-order valence-corrected chi connectivity index (χ3v) is 5.01. The molecule has 2 aromatic rings. The number of hydrazine groups is 1. The van der Waals surface area contributed by atoms with Crippen molar-refractivity contribution >= 4 is 17.5 Å². The zero-order valence-electron chi connectivity index (χ0n) is 16.8. The Labute approximate surface area is 171 Å². The molecule has 1 saturated heterocycles. The monoisotopic (exact) mass is 396 g/mol. The van der Waals surface area contributed by atoms with Crippen LogP contribution >= 0.6 is 0 Å². The highest BCUT2D eigenvalue weighted by atomic mass is 16.5. The van der Waals surface area contributed by atoms with E-state index in [1.165, 1.54) is 5.69 Å². The van der Waals surface area contributed by atoms with Gasteiger partial charge in [-0.05, 0) is 29.8 Å². The normalized spacial score (nSPS) is 14.3. The van der Waals surface area contributed by atoms with Gasteiger partial charge in [0.15, 0.2) is 0 Å². The van der Waals surface area contributed by atoms with Crippen LogP contribution in [0.3, 0.4) is 0 Å². The second kappa shape index (κ2) is 10.5. The first-order valence-corrected chi connectivity index (χ1v) is 9.87. The number of carbonyl (C=O) groups is 2. The van der Waals surface area contributed by atoms with Crippen molar-refractivity contribution in [2.45, 2.75) is 12.8 Å². The van der Waals surface area contributed by atoms with E-state index in [0.29, 0.717) is 13.0 Å². The largest absolute Gasteiger partial charge is 0.497 e. The van der Waals surface area contributed by atoms with Gasteiger partial charge in [0.25, 0.3) is 0 Å². The second-order valence-electron chi connectivity index (χ2n) is 7.04. The summed E-state index contributed by atoms with van der Waals surface area (Å²) in [5.41, 5.74) is 7.07. The summed E-state index contributed by atoms with van der Waals surface area (Å²) >= 11 is 0. The van der Waals surface area contributed by atoms with Crippen LogP contribution in [0.15, 0.2) is 54.6 Å². The summed E-state index contributed by atoms with van der Waals surface area (Å²) in [7, 11) is 1.60. The van der Waals surface area contributed by atoms with Crippen LogP contribution in [0.25, 0.3) is 0 Å². The molecule has 7 heteroatoms. The fourth-order valence-corrected chi connectivity index (χ4v) is 3.30. The van der Waals surface area contributed by atoms with E-state index in [1.54, 1.807) is 19.2 Å². The minimum absolute atomic E-state index is 0.182. The molecule has 0 aromatic heterocycles. The van der Waals surface area contributed by atoms with E-state index in [4.69, 9.17) is 4.74 Å². The Morgan fingerprint density at radius 3 is 2.21 bits per heavy atom. The zero-order chi connectivity index (χ0) is 20.5. The van der Waals surface area contributed by atoms with Crippen molar-refractivity contribution < 1.29 is 14.3 Å². The number of carbonyl (C=O) groups excluding carboxylic acids is 2. The lowest BCUT2D eigenvalue weighted by Crippen LogP contribution is -2.48. The van der Waals surface area contributed by atoms with E-state index in [0.717, 1.165) is 37.5 Å². The predicted molar refractivity (Wildman–Crippen MR) is 113 cm³/mol. The van der Waals surface area contributed by atoms with E-state index in [9.17, 15) is 9.59 Å². The summed E-state index contributed by atoms with van der Waals surface area (Å²) in [5.74, 6) is 0.311. The molecule has 7 nitrogen and oxygen atoms in total. The summed E-state index contributed by atoms with van der Waals surface area (Å²) < 4.78 is 5.09. The van der Waals surface area contributed by atoms with Crippen LogP contribution in [-0.2, 0) is 16.0 Å². The number of para-hydroxylation sites is 1. The number of ether oxygens (including phenoxy) is 1. The Balaban J connectivity index is 1.31. The SMILES string of the molecule is COc1ccc(CC(=O)NNC(=O)CCN2CCN(c3ccccc3)CC2)cc1. The first-order valence-electron chi connectivity index (χ1n) is 9.87. The van der Waals surface area contributed by atoms with Crippen molar-refractivity contribution in [3.8, 4) is 5.75 Å². The van der Waals surface area contributed by atoms with Gasteiger partial charge in [-0.2, -0.15) is 0 Å². The summed E-state index contributed by atoms with van der Waals surface area (Å²) in [4.78, 5) is 28.6. The van der Waals surface area contributed by atoms with Crippen molar-refractivity contribution in [1.29, 1.82) is 0 Å². The first-order chi connectivity index (χ1) is 14.1. The fourth-order valence-electron chi connectivity index (χ4n) is 3.30. The van der Waals surface area contributed by atoms with Crippen molar-refractivity contribution in [2.75, 3.05) is 44.7 Å². The number of hydrogen-bond acceptors (Lipinski definition) is 5. The molecule has 0 unspecified atom stereocenters. The average Bonchev–Trinajstić information content (AvgIpc) is 2.78. The van der Waals surface area contributed by atoms with Gasteiger partial charge in [-0.25, -0.2) is 0 Å². The molecule has 2 amide bonds. The smallest absolute Gasteiger partial charge is 0.242 e. The molecule has 29 heavy (non-hydrogen) atoms. The Bertz CT molecular complexity index is 787. The Morgan fingerprint density at radius 1 is 0.897 bits per heavy atom. The van der Waals surface area contributed by atoms with Gasteiger partial charge in [0.1, 0.15) is 5.75 Å². The topological polar surface area (TPSA) is 73.9 Å². The van der Waals surface area contributed by atoms with Crippen LogP contribution < -0.4 is 20.5 Å². The number of benzene rings is 2. The molecule has 0 bridgehead atoms. The second-order valence-corrected chi connectivity index (χ2v) is 7.04. The number of piperazine rings is 1. The van der Waals surface area contributed by atoms with Crippen LogP contribution in [0.2, 0.25) is 0 Å². The molecule has 1 heterocycles. The van der Waals surface area contributed by atoms with Gasteiger partial charge in [-0.15, -0.1) is 0 Å². The molecule has 154 valence electrons. The third-order valence-electron chi connectivity index (χ3n) is 5.01. The van der Waals surface area contributed by atoms with Crippen LogP contribution in [0.4, 0.5) is 5.69 Å². The highest BCUT2D eigenvalue weighted by Gasteiger charge is 2.17. The summed E-state index contributed by atoms with van der Waals surface area (Å²) in [6.07, 6.45) is 0.555. The quantitative estimate of drug-likeness (QED) is 0.696. The van der Waals surface area contributed by atoms with E-state index >= 15 is 0 Å². The van der Waals surface area contributed by atoms with Crippen LogP contribution in [-0.4, -0.2) is 56.5 Å². The molecule has 0 spiro atoms. The van der Waals surface area contributed by atoms with Crippen molar-refractivity contribution in [3.63, 3.8) is 0 Å². The molecule has 2 aromatic carbocycles. The Morgan fingerprint density at radius 2 is 1.55 bits per heavy atom. The van der Waals surface area contributed by atoms with Crippen LogP contribution in [0.5, 0.6) is 5.75 Å². The minimum atomic E-state index is -0.250.